The SMILES string of the molecule is CCCc1ccc2c(NC(=O)OCC3c4ccccc4-c4ccccc43)c(C(=O)O)sc2n1. The fraction of sp³-hybridized carbons (Fsp3) is 0.192. The number of aromatic carboxylic acids is 1. The highest BCUT2D eigenvalue weighted by atomic mass is 32.1. The highest BCUT2D eigenvalue weighted by Gasteiger charge is 2.29. The molecule has 0 radical (unpaired) electrons. The van der Waals surface area contributed by atoms with E-state index in [0.29, 0.717) is 10.2 Å². The molecule has 1 aliphatic rings. The topological polar surface area (TPSA) is 88.5 Å². The number of carbonyl (C=O) groups excluding carboxylic acids is 1. The minimum Gasteiger partial charge on any atom is -0.477 e. The number of hydrogen-bond donors (Lipinski definition) is 2. The fourth-order valence-corrected chi connectivity index (χ4v) is 5.41. The molecule has 0 saturated carbocycles. The molecule has 1 amide bonds. The molecule has 0 spiro atoms. The Morgan fingerprint density at radius 2 is 1.70 bits per heavy atom. The van der Waals surface area contributed by atoms with Crippen molar-refractivity contribution in [2.45, 2.75) is 25.7 Å². The van der Waals surface area contributed by atoms with Gasteiger partial charge in [-0.05, 0) is 40.8 Å². The van der Waals surface area contributed by atoms with E-state index in [-0.39, 0.29) is 23.1 Å². The van der Waals surface area contributed by atoms with Gasteiger partial charge in [-0.1, -0.05) is 61.9 Å². The predicted octanol–water partition coefficient (Wildman–Crippen LogP) is 6.31. The van der Waals surface area contributed by atoms with E-state index >= 15 is 0 Å². The molecule has 0 aliphatic heterocycles. The van der Waals surface area contributed by atoms with Crippen molar-refractivity contribution in [3.63, 3.8) is 0 Å². The van der Waals surface area contributed by atoms with Gasteiger partial charge in [0.25, 0.3) is 0 Å². The minimum atomic E-state index is -1.11. The summed E-state index contributed by atoms with van der Waals surface area (Å²) in [7, 11) is 0. The first-order valence-corrected chi connectivity index (χ1v) is 11.7. The van der Waals surface area contributed by atoms with Crippen molar-refractivity contribution >= 4 is 39.3 Å². The van der Waals surface area contributed by atoms with Gasteiger partial charge < -0.3 is 9.84 Å². The lowest BCUT2D eigenvalue weighted by Crippen LogP contribution is -2.18. The third-order valence-corrected chi connectivity index (χ3v) is 6.97. The minimum absolute atomic E-state index is 0.0413. The first-order valence-electron chi connectivity index (χ1n) is 10.8. The summed E-state index contributed by atoms with van der Waals surface area (Å²) < 4.78 is 5.60. The molecule has 166 valence electrons. The summed E-state index contributed by atoms with van der Waals surface area (Å²) in [5.74, 6) is -1.18. The number of nitrogens with one attached hydrogen (secondary N) is 1. The Bertz CT molecular complexity index is 1330. The molecule has 6 nitrogen and oxygen atoms in total. The number of pyridine rings is 1. The van der Waals surface area contributed by atoms with Crippen molar-refractivity contribution in [2.75, 3.05) is 11.9 Å². The van der Waals surface area contributed by atoms with Gasteiger partial charge >= 0.3 is 12.1 Å². The maximum atomic E-state index is 12.7. The standard InChI is InChI=1S/C26H22N2O4S/c1-2-7-15-12-13-20-22(23(25(29)30)33-24(20)27-15)28-26(31)32-14-21-18-10-5-3-8-16(18)17-9-4-6-11-19(17)21/h3-6,8-13,21H,2,7,14H2,1H3,(H,28,31)(H,29,30). The van der Waals surface area contributed by atoms with Crippen LogP contribution in [0.25, 0.3) is 21.3 Å². The number of aromatic nitrogens is 1. The van der Waals surface area contributed by atoms with Gasteiger partial charge in [0.15, 0.2) is 0 Å². The van der Waals surface area contributed by atoms with Crippen LogP contribution in [0.1, 0.15) is 45.8 Å². The van der Waals surface area contributed by atoms with E-state index < -0.39 is 12.1 Å². The van der Waals surface area contributed by atoms with Crippen molar-refractivity contribution in [1.29, 1.82) is 0 Å². The first-order chi connectivity index (χ1) is 16.1. The number of amides is 1. The van der Waals surface area contributed by atoms with Crippen LogP contribution in [0.2, 0.25) is 0 Å². The van der Waals surface area contributed by atoms with Gasteiger partial charge in [0.05, 0.1) is 5.69 Å². The first kappa shape index (κ1) is 21.2. The summed E-state index contributed by atoms with van der Waals surface area (Å²) in [6.07, 6.45) is 1.07. The molecule has 2 heterocycles. The van der Waals surface area contributed by atoms with Gasteiger partial charge in [0, 0.05) is 17.0 Å². The Balaban J connectivity index is 1.38. The molecule has 5 rings (SSSR count). The summed E-state index contributed by atoms with van der Waals surface area (Å²) in [6.45, 7) is 2.22. The molecule has 2 aromatic carbocycles. The van der Waals surface area contributed by atoms with Crippen LogP contribution in [0.5, 0.6) is 0 Å². The second-order valence-electron chi connectivity index (χ2n) is 7.97. The molecule has 4 aromatic rings. The molecule has 0 bridgehead atoms. The van der Waals surface area contributed by atoms with Gasteiger partial charge in [0.2, 0.25) is 0 Å². The van der Waals surface area contributed by atoms with Crippen molar-refractivity contribution in [3.05, 3.63) is 82.4 Å². The summed E-state index contributed by atoms with van der Waals surface area (Å²) in [5.41, 5.74) is 5.66. The Kier molecular flexibility index (Phi) is 5.56. The number of rotatable bonds is 6. The highest BCUT2D eigenvalue weighted by molar-refractivity contribution is 7.21. The second-order valence-corrected chi connectivity index (χ2v) is 8.97. The van der Waals surface area contributed by atoms with Crippen LogP contribution in [0.3, 0.4) is 0 Å². The molecular weight excluding hydrogens is 436 g/mol. The Morgan fingerprint density at radius 3 is 2.33 bits per heavy atom. The van der Waals surface area contributed by atoms with Crippen molar-refractivity contribution in [1.82, 2.24) is 4.98 Å². The maximum Gasteiger partial charge on any atom is 0.411 e. The number of carbonyl (C=O) groups is 2. The number of ether oxygens (including phenoxy) is 1. The Morgan fingerprint density at radius 1 is 1.03 bits per heavy atom. The number of benzene rings is 2. The average molecular weight is 459 g/mol. The number of thiophene rings is 1. The third kappa shape index (κ3) is 3.85. The number of anilines is 1. The number of aryl methyl sites for hydroxylation is 1. The van der Waals surface area contributed by atoms with Crippen LogP contribution in [-0.2, 0) is 11.2 Å². The molecule has 33 heavy (non-hydrogen) atoms. The smallest absolute Gasteiger partial charge is 0.411 e. The number of carboxylic acids is 1. The van der Waals surface area contributed by atoms with Crippen LogP contribution in [-0.4, -0.2) is 28.8 Å². The van der Waals surface area contributed by atoms with E-state index in [0.717, 1.165) is 52.1 Å². The van der Waals surface area contributed by atoms with Gasteiger partial charge in [-0.2, -0.15) is 0 Å². The average Bonchev–Trinajstić information content (AvgIpc) is 3.33. The Labute approximate surface area is 194 Å². The largest absolute Gasteiger partial charge is 0.477 e. The van der Waals surface area contributed by atoms with Crippen molar-refractivity contribution in [3.8, 4) is 11.1 Å². The van der Waals surface area contributed by atoms with E-state index in [1.807, 2.05) is 36.4 Å². The molecule has 0 fully saturated rings. The number of carboxylic acid groups (broad SMARTS) is 1. The lowest BCUT2D eigenvalue weighted by atomic mass is 9.98. The van der Waals surface area contributed by atoms with Crippen LogP contribution >= 0.6 is 11.3 Å². The highest BCUT2D eigenvalue weighted by Crippen LogP contribution is 2.44. The second kappa shape index (κ2) is 8.67. The molecule has 2 aromatic heterocycles. The molecule has 2 N–H and O–H groups in total. The summed E-state index contributed by atoms with van der Waals surface area (Å²) in [4.78, 5) is 29.7. The fourth-order valence-electron chi connectivity index (χ4n) is 4.42. The lowest BCUT2D eigenvalue weighted by molar-refractivity contribution is 0.0703. The van der Waals surface area contributed by atoms with Crippen molar-refractivity contribution < 1.29 is 19.4 Å². The van der Waals surface area contributed by atoms with E-state index in [9.17, 15) is 14.7 Å². The van der Waals surface area contributed by atoms with E-state index in [2.05, 4.69) is 41.5 Å². The van der Waals surface area contributed by atoms with Gasteiger partial charge in [0.1, 0.15) is 16.3 Å². The molecule has 0 unspecified atom stereocenters. The van der Waals surface area contributed by atoms with E-state index in [4.69, 9.17) is 4.74 Å². The normalized spacial score (nSPS) is 12.4. The molecule has 0 atom stereocenters. The van der Waals surface area contributed by atoms with Crippen LogP contribution in [0, 0.1) is 0 Å². The summed E-state index contributed by atoms with van der Waals surface area (Å²) in [6, 6.07) is 19.9. The van der Waals surface area contributed by atoms with E-state index in [1.54, 1.807) is 0 Å². The zero-order chi connectivity index (χ0) is 22.9. The Hall–Kier alpha value is -3.71. The van der Waals surface area contributed by atoms with Gasteiger partial charge in [-0.25, -0.2) is 14.6 Å². The van der Waals surface area contributed by atoms with Crippen LogP contribution in [0.4, 0.5) is 10.5 Å². The number of nitrogens with zero attached hydrogens (tertiary/aromatic N) is 1. The third-order valence-electron chi connectivity index (χ3n) is 5.88. The lowest BCUT2D eigenvalue weighted by Gasteiger charge is -2.14. The quantitative estimate of drug-likeness (QED) is 0.354. The number of fused-ring (bicyclic) bond motifs is 4. The summed E-state index contributed by atoms with van der Waals surface area (Å²) >= 11 is 1.06. The van der Waals surface area contributed by atoms with Crippen LogP contribution in [0.15, 0.2) is 60.7 Å². The van der Waals surface area contributed by atoms with Gasteiger partial charge in [-0.15, -0.1) is 11.3 Å². The summed E-state index contributed by atoms with van der Waals surface area (Å²) in [5, 5.41) is 12.9. The van der Waals surface area contributed by atoms with Crippen molar-refractivity contribution in [2.24, 2.45) is 0 Å². The predicted molar refractivity (Wildman–Crippen MR) is 129 cm³/mol. The zero-order valence-corrected chi connectivity index (χ0v) is 18.8. The zero-order valence-electron chi connectivity index (χ0n) is 18.0. The maximum absolute atomic E-state index is 12.7. The molecule has 1 aliphatic carbocycles. The molecular formula is C26H22N2O4S. The van der Waals surface area contributed by atoms with E-state index in [1.165, 1.54) is 0 Å². The molecule has 0 saturated heterocycles. The van der Waals surface area contributed by atoms with Gasteiger partial charge in [-0.3, -0.25) is 5.32 Å². The van der Waals surface area contributed by atoms with Crippen LogP contribution < -0.4 is 5.32 Å². The molecule has 7 heteroatoms. The number of hydrogen-bond acceptors (Lipinski definition) is 5. The monoisotopic (exact) mass is 458 g/mol.